The Balaban J connectivity index is 1.11. The first-order chi connectivity index (χ1) is 16.6. The second-order valence-corrected chi connectivity index (χ2v) is 9.63. The zero-order chi connectivity index (χ0) is 23.1. The molecule has 0 aliphatic carbocycles. The lowest BCUT2D eigenvalue weighted by atomic mass is 10.1. The maximum absolute atomic E-state index is 6.10. The van der Waals surface area contributed by atoms with Crippen molar-refractivity contribution < 1.29 is 4.42 Å². The van der Waals surface area contributed by atoms with Crippen molar-refractivity contribution in [3.05, 3.63) is 83.4 Å². The van der Waals surface area contributed by atoms with Crippen molar-refractivity contribution in [1.29, 1.82) is 0 Å². The first kappa shape index (κ1) is 20.9. The van der Waals surface area contributed by atoms with Crippen LogP contribution in [0.25, 0.3) is 22.4 Å². The summed E-state index contributed by atoms with van der Waals surface area (Å²) in [6.07, 6.45) is 2.84. The molecule has 0 radical (unpaired) electrons. The molecule has 4 heterocycles. The van der Waals surface area contributed by atoms with E-state index in [0.29, 0.717) is 0 Å². The minimum atomic E-state index is 0.740. The predicted octanol–water partition coefficient (Wildman–Crippen LogP) is 5.21. The molecule has 6 rings (SSSR count). The number of anilines is 1. The third-order valence-electron chi connectivity index (χ3n) is 6.01. The van der Waals surface area contributed by atoms with E-state index in [0.717, 1.165) is 75.9 Å². The van der Waals surface area contributed by atoms with Gasteiger partial charge in [0, 0.05) is 42.5 Å². The summed E-state index contributed by atoms with van der Waals surface area (Å²) >= 11 is 1.51. The topological polar surface area (TPSA) is 96.9 Å². The van der Waals surface area contributed by atoms with Gasteiger partial charge in [0.25, 0.3) is 0 Å². The van der Waals surface area contributed by atoms with Gasteiger partial charge in [0.1, 0.15) is 5.76 Å². The highest BCUT2D eigenvalue weighted by molar-refractivity contribution is 7.99. The van der Waals surface area contributed by atoms with E-state index in [9.17, 15) is 0 Å². The number of nitrogen functional groups attached to an aromatic ring is 1. The molecular weight excluding hydrogens is 444 g/mol. The second-order valence-electron chi connectivity index (χ2n) is 8.63. The molecule has 0 saturated heterocycles. The second kappa shape index (κ2) is 8.62. The highest BCUT2D eigenvalue weighted by Gasteiger charge is 2.20. The normalized spacial score (nSPS) is 13.9. The minimum absolute atomic E-state index is 0.740. The van der Waals surface area contributed by atoms with Crippen molar-refractivity contribution in [2.75, 3.05) is 12.3 Å². The molecule has 0 fully saturated rings. The molecule has 0 atom stereocenters. The average molecular weight is 469 g/mol. The summed E-state index contributed by atoms with van der Waals surface area (Å²) in [5.74, 6) is 1.69. The molecule has 8 heteroatoms. The fourth-order valence-electron chi connectivity index (χ4n) is 4.24. The number of nitrogens with zero attached hydrogens (tertiary/aromatic N) is 4. The van der Waals surface area contributed by atoms with Gasteiger partial charge < -0.3 is 15.1 Å². The summed E-state index contributed by atoms with van der Waals surface area (Å²) in [5, 5.41) is 1.67. The Bertz CT molecular complexity index is 1470. The molecule has 0 spiro atoms. The highest BCUT2D eigenvalue weighted by atomic mass is 32.2. The summed E-state index contributed by atoms with van der Waals surface area (Å²) in [6.45, 7) is 4.57. The molecular formula is C26H24N6OS. The van der Waals surface area contributed by atoms with Crippen molar-refractivity contribution in [2.45, 2.75) is 36.7 Å². The molecule has 0 amide bonds. The van der Waals surface area contributed by atoms with Gasteiger partial charge in [-0.15, -0.1) is 0 Å². The fraction of sp³-hybridized carbons (Fsp3) is 0.192. The molecule has 5 aromatic rings. The zero-order valence-electron chi connectivity index (χ0n) is 18.8. The lowest BCUT2D eigenvalue weighted by Gasteiger charge is -2.27. The average Bonchev–Trinajstić information content (AvgIpc) is 3.45. The molecule has 7 nitrogen and oxygen atoms in total. The van der Waals surface area contributed by atoms with E-state index in [1.54, 1.807) is 0 Å². The van der Waals surface area contributed by atoms with E-state index >= 15 is 0 Å². The number of rotatable bonds is 5. The fourth-order valence-corrected chi connectivity index (χ4v) is 5.02. The van der Waals surface area contributed by atoms with Gasteiger partial charge in [-0.2, -0.15) is 0 Å². The standard InChI is InChI=1S/C26H24N6OS/c1-16-2-8-22-23(12-16)31-26(30-22)34-24-9-7-20(33-24)15-32-11-10-21-18(14-32)13-28-25(29-21)17-3-5-19(27)6-4-17/h2-9,12-13H,10-11,14-15,27H2,1H3,(H,30,31). The molecule has 170 valence electrons. The minimum Gasteiger partial charge on any atom is -0.453 e. The number of hydrogen-bond donors (Lipinski definition) is 2. The number of hydrogen-bond acceptors (Lipinski definition) is 7. The SMILES string of the molecule is Cc1ccc2nc(Sc3ccc(CN4CCc5nc(-c6ccc(N)cc6)ncc5C4)o3)[nH]c2c1. The van der Waals surface area contributed by atoms with Crippen LogP contribution >= 0.6 is 11.8 Å². The summed E-state index contributed by atoms with van der Waals surface area (Å²) < 4.78 is 6.10. The van der Waals surface area contributed by atoms with Gasteiger partial charge in [-0.1, -0.05) is 6.07 Å². The van der Waals surface area contributed by atoms with Gasteiger partial charge in [0.2, 0.25) is 0 Å². The maximum atomic E-state index is 6.10. The number of nitrogens with two attached hydrogens (primary N) is 1. The van der Waals surface area contributed by atoms with Crippen LogP contribution in [-0.2, 0) is 19.5 Å². The van der Waals surface area contributed by atoms with Crippen LogP contribution < -0.4 is 5.73 Å². The zero-order valence-corrected chi connectivity index (χ0v) is 19.6. The third kappa shape index (κ3) is 4.30. The number of imidazole rings is 1. The Morgan fingerprint density at radius 1 is 1.09 bits per heavy atom. The van der Waals surface area contributed by atoms with Crippen LogP contribution in [0.3, 0.4) is 0 Å². The quantitative estimate of drug-likeness (QED) is 0.342. The van der Waals surface area contributed by atoms with E-state index in [1.807, 2.05) is 48.7 Å². The van der Waals surface area contributed by atoms with Crippen LogP contribution in [0.5, 0.6) is 0 Å². The van der Waals surface area contributed by atoms with Crippen LogP contribution in [0, 0.1) is 6.92 Å². The number of nitrogens with one attached hydrogen (secondary N) is 1. The van der Waals surface area contributed by atoms with E-state index in [-0.39, 0.29) is 0 Å². The van der Waals surface area contributed by atoms with Crippen LogP contribution in [0.4, 0.5) is 5.69 Å². The van der Waals surface area contributed by atoms with Crippen molar-refractivity contribution in [1.82, 2.24) is 24.8 Å². The van der Waals surface area contributed by atoms with Gasteiger partial charge >= 0.3 is 0 Å². The van der Waals surface area contributed by atoms with Crippen molar-refractivity contribution >= 4 is 28.5 Å². The molecule has 0 unspecified atom stereocenters. The summed E-state index contributed by atoms with van der Waals surface area (Å²) in [6, 6.07) is 18.0. The summed E-state index contributed by atoms with van der Waals surface area (Å²) in [4.78, 5) is 19.8. The van der Waals surface area contributed by atoms with Gasteiger partial charge in [-0.3, -0.25) is 4.90 Å². The Morgan fingerprint density at radius 2 is 1.97 bits per heavy atom. The highest BCUT2D eigenvalue weighted by Crippen LogP contribution is 2.30. The number of furan rings is 1. The Kier molecular flexibility index (Phi) is 5.31. The number of benzene rings is 2. The van der Waals surface area contributed by atoms with Gasteiger partial charge in [-0.25, -0.2) is 15.0 Å². The first-order valence-electron chi connectivity index (χ1n) is 11.2. The van der Waals surface area contributed by atoms with Crippen molar-refractivity contribution in [3.8, 4) is 11.4 Å². The molecule has 0 saturated carbocycles. The van der Waals surface area contributed by atoms with Crippen LogP contribution in [0.15, 0.2) is 75.5 Å². The number of aromatic amines is 1. The van der Waals surface area contributed by atoms with E-state index in [4.69, 9.17) is 15.1 Å². The summed E-state index contributed by atoms with van der Waals surface area (Å²) in [5.41, 5.74) is 13.0. The smallest absolute Gasteiger partial charge is 0.174 e. The maximum Gasteiger partial charge on any atom is 0.174 e. The number of aryl methyl sites for hydroxylation is 1. The molecule has 1 aliphatic rings. The Morgan fingerprint density at radius 3 is 2.85 bits per heavy atom. The molecule has 0 bridgehead atoms. The molecule has 3 N–H and O–H groups in total. The Hall–Kier alpha value is -3.62. The van der Waals surface area contributed by atoms with Crippen LogP contribution in [0.1, 0.15) is 22.6 Å². The number of aromatic nitrogens is 4. The van der Waals surface area contributed by atoms with E-state index < -0.39 is 0 Å². The predicted molar refractivity (Wildman–Crippen MR) is 133 cm³/mol. The number of H-pyrrole nitrogens is 1. The van der Waals surface area contributed by atoms with Crippen LogP contribution in [0.2, 0.25) is 0 Å². The largest absolute Gasteiger partial charge is 0.453 e. The lowest BCUT2D eigenvalue weighted by Crippen LogP contribution is -2.30. The molecule has 34 heavy (non-hydrogen) atoms. The van der Waals surface area contributed by atoms with Gasteiger partial charge in [0.05, 0.1) is 23.3 Å². The molecule has 1 aliphatic heterocycles. The Labute approximate surface area is 201 Å². The lowest BCUT2D eigenvalue weighted by molar-refractivity contribution is 0.218. The first-order valence-corrected chi connectivity index (χ1v) is 12.1. The summed E-state index contributed by atoms with van der Waals surface area (Å²) in [7, 11) is 0. The monoisotopic (exact) mass is 468 g/mol. The van der Waals surface area contributed by atoms with Gasteiger partial charge in [0.15, 0.2) is 16.1 Å². The van der Waals surface area contributed by atoms with E-state index in [1.165, 1.54) is 22.9 Å². The van der Waals surface area contributed by atoms with Crippen molar-refractivity contribution in [2.24, 2.45) is 0 Å². The molecule has 2 aromatic carbocycles. The molecule has 3 aromatic heterocycles. The third-order valence-corrected chi connectivity index (χ3v) is 6.82. The van der Waals surface area contributed by atoms with E-state index in [2.05, 4.69) is 38.9 Å². The van der Waals surface area contributed by atoms with Crippen molar-refractivity contribution in [3.63, 3.8) is 0 Å². The van der Waals surface area contributed by atoms with Gasteiger partial charge in [-0.05, 0) is 72.8 Å². The van der Waals surface area contributed by atoms with Crippen LogP contribution in [-0.4, -0.2) is 31.4 Å². The number of fused-ring (bicyclic) bond motifs is 2.